The van der Waals surface area contributed by atoms with Crippen LogP contribution in [0.15, 0.2) is 0 Å². The van der Waals surface area contributed by atoms with E-state index in [-0.39, 0.29) is 0 Å². The van der Waals surface area contributed by atoms with E-state index < -0.39 is 0 Å². The van der Waals surface area contributed by atoms with E-state index in [1.54, 1.807) is 0 Å². The molecule has 2 heterocycles. The highest BCUT2D eigenvalue weighted by atomic mass is 15.3. The van der Waals surface area contributed by atoms with Crippen molar-refractivity contribution in [2.45, 2.75) is 69.9 Å². The van der Waals surface area contributed by atoms with Crippen molar-refractivity contribution in [1.29, 1.82) is 0 Å². The number of rotatable bonds is 3. The van der Waals surface area contributed by atoms with Crippen LogP contribution < -0.4 is 5.73 Å². The monoisotopic (exact) mass is 279 g/mol. The first kappa shape index (κ1) is 14.8. The van der Waals surface area contributed by atoms with Crippen LogP contribution in [0.4, 0.5) is 0 Å². The lowest BCUT2D eigenvalue weighted by atomic mass is 9.88. The first-order valence-corrected chi connectivity index (χ1v) is 8.93. The molecule has 3 aliphatic rings. The second-order valence-electron chi connectivity index (χ2n) is 7.60. The molecule has 1 aliphatic carbocycles. The van der Waals surface area contributed by atoms with Gasteiger partial charge in [0.1, 0.15) is 0 Å². The summed E-state index contributed by atoms with van der Waals surface area (Å²) in [5.41, 5.74) is 6.61. The third-order valence-electron chi connectivity index (χ3n) is 6.31. The van der Waals surface area contributed by atoms with Gasteiger partial charge in [0.2, 0.25) is 0 Å². The van der Waals surface area contributed by atoms with E-state index in [1.165, 1.54) is 77.5 Å². The summed E-state index contributed by atoms with van der Waals surface area (Å²) in [6.07, 6.45) is 11.0. The van der Waals surface area contributed by atoms with Gasteiger partial charge in [-0.1, -0.05) is 19.8 Å². The van der Waals surface area contributed by atoms with Crippen molar-refractivity contribution in [2.24, 2.45) is 11.7 Å². The zero-order valence-electron chi connectivity index (χ0n) is 13.3. The third kappa shape index (κ3) is 2.90. The van der Waals surface area contributed by atoms with E-state index in [9.17, 15) is 0 Å². The number of nitrogens with two attached hydrogens (primary N) is 1. The Morgan fingerprint density at radius 3 is 2.55 bits per heavy atom. The maximum absolute atomic E-state index is 6.28. The minimum absolute atomic E-state index is 0.333. The van der Waals surface area contributed by atoms with Crippen molar-refractivity contribution in [1.82, 2.24) is 9.80 Å². The molecule has 0 aromatic heterocycles. The second kappa shape index (κ2) is 6.33. The maximum Gasteiger partial charge on any atom is 0.0332 e. The molecule has 3 fully saturated rings. The largest absolute Gasteiger partial charge is 0.329 e. The average Bonchev–Trinajstić information content (AvgIpc) is 3.10. The highest BCUT2D eigenvalue weighted by molar-refractivity contribution is 4.99. The number of hydrogen-bond donors (Lipinski definition) is 1. The van der Waals surface area contributed by atoms with Crippen molar-refractivity contribution >= 4 is 0 Å². The minimum Gasteiger partial charge on any atom is -0.329 e. The van der Waals surface area contributed by atoms with Crippen LogP contribution in [-0.4, -0.2) is 54.1 Å². The fourth-order valence-corrected chi connectivity index (χ4v) is 4.79. The molecule has 0 spiro atoms. The smallest absolute Gasteiger partial charge is 0.0332 e. The number of nitrogens with zero attached hydrogens (tertiary/aromatic N) is 2. The Morgan fingerprint density at radius 1 is 1.00 bits per heavy atom. The lowest BCUT2D eigenvalue weighted by Crippen LogP contribution is -2.53. The molecule has 0 radical (unpaired) electrons. The molecule has 0 aromatic carbocycles. The Kier molecular flexibility index (Phi) is 4.68. The van der Waals surface area contributed by atoms with E-state index in [0.29, 0.717) is 5.54 Å². The van der Waals surface area contributed by atoms with Gasteiger partial charge in [0.25, 0.3) is 0 Å². The molecule has 0 amide bonds. The van der Waals surface area contributed by atoms with Crippen molar-refractivity contribution in [3.8, 4) is 0 Å². The summed E-state index contributed by atoms with van der Waals surface area (Å²) >= 11 is 0. The molecule has 2 saturated heterocycles. The van der Waals surface area contributed by atoms with Crippen LogP contribution in [0.1, 0.15) is 58.3 Å². The van der Waals surface area contributed by atoms with Crippen LogP contribution in [-0.2, 0) is 0 Å². The second-order valence-corrected chi connectivity index (χ2v) is 7.60. The van der Waals surface area contributed by atoms with Crippen LogP contribution in [0, 0.1) is 5.92 Å². The fourth-order valence-electron chi connectivity index (χ4n) is 4.79. The van der Waals surface area contributed by atoms with Gasteiger partial charge in [-0.25, -0.2) is 0 Å². The molecular weight excluding hydrogens is 246 g/mol. The SMILES string of the molecule is CC1CCCC(CN)(N2CCC(N3CCCC3)C2)CC1. The van der Waals surface area contributed by atoms with Crippen molar-refractivity contribution in [3.63, 3.8) is 0 Å². The maximum atomic E-state index is 6.28. The molecule has 3 nitrogen and oxygen atoms in total. The molecule has 20 heavy (non-hydrogen) atoms. The Balaban J connectivity index is 1.64. The summed E-state index contributed by atoms with van der Waals surface area (Å²) in [4.78, 5) is 5.53. The number of hydrogen-bond acceptors (Lipinski definition) is 3. The standard InChI is InChI=1S/C17H33N3/c1-15-5-4-8-17(14-18,9-6-15)20-12-7-16(13-20)19-10-2-3-11-19/h15-16H,2-14,18H2,1H3. The van der Waals surface area contributed by atoms with Gasteiger partial charge in [-0.3, -0.25) is 9.80 Å². The molecule has 3 unspecified atom stereocenters. The van der Waals surface area contributed by atoms with Gasteiger partial charge in [0, 0.05) is 31.2 Å². The van der Waals surface area contributed by atoms with E-state index in [2.05, 4.69) is 16.7 Å². The molecule has 3 rings (SSSR count). The van der Waals surface area contributed by atoms with Crippen LogP contribution >= 0.6 is 0 Å². The van der Waals surface area contributed by atoms with Crippen LogP contribution in [0.2, 0.25) is 0 Å². The van der Waals surface area contributed by atoms with E-state index in [1.807, 2.05) is 0 Å². The van der Waals surface area contributed by atoms with Crippen LogP contribution in [0.3, 0.4) is 0 Å². The summed E-state index contributed by atoms with van der Waals surface area (Å²) in [6, 6.07) is 0.821. The molecule has 3 atom stereocenters. The Hall–Kier alpha value is -0.120. The molecule has 2 aliphatic heterocycles. The van der Waals surface area contributed by atoms with E-state index in [4.69, 9.17) is 5.73 Å². The van der Waals surface area contributed by atoms with Crippen LogP contribution in [0.25, 0.3) is 0 Å². The lowest BCUT2D eigenvalue weighted by Gasteiger charge is -2.41. The Morgan fingerprint density at radius 2 is 1.80 bits per heavy atom. The third-order valence-corrected chi connectivity index (χ3v) is 6.31. The van der Waals surface area contributed by atoms with Gasteiger partial charge >= 0.3 is 0 Å². The summed E-state index contributed by atoms with van der Waals surface area (Å²) in [7, 11) is 0. The molecule has 1 saturated carbocycles. The van der Waals surface area contributed by atoms with Gasteiger partial charge < -0.3 is 5.73 Å². The molecule has 0 aromatic rings. The molecule has 3 heteroatoms. The van der Waals surface area contributed by atoms with Crippen LogP contribution in [0.5, 0.6) is 0 Å². The summed E-state index contributed by atoms with van der Waals surface area (Å²) < 4.78 is 0. The minimum atomic E-state index is 0.333. The zero-order chi connectivity index (χ0) is 14.0. The summed E-state index contributed by atoms with van der Waals surface area (Å²) in [6.45, 7) is 8.53. The quantitative estimate of drug-likeness (QED) is 0.806. The van der Waals surface area contributed by atoms with Gasteiger partial charge in [0.05, 0.1) is 0 Å². The summed E-state index contributed by atoms with van der Waals surface area (Å²) in [5, 5.41) is 0. The van der Waals surface area contributed by atoms with Gasteiger partial charge in [0.15, 0.2) is 0 Å². The Labute approximate surface area is 124 Å². The average molecular weight is 279 g/mol. The summed E-state index contributed by atoms with van der Waals surface area (Å²) in [5.74, 6) is 0.903. The highest BCUT2D eigenvalue weighted by Crippen LogP contribution is 2.37. The van der Waals surface area contributed by atoms with E-state index >= 15 is 0 Å². The van der Waals surface area contributed by atoms with Crippen molar-refractivity contribution in [2.75, 3.05) is 32.7 Å². The normalized spacial score (nSPS) is 41.1. The first-order chi connectivity index (χ1) is 9.73. The fraction of sp³-hybridized carbons (Fsp3) is 1.00. The number of likely N-dealkylation sites (tertiary alicyclic amines) is 2. The van der Waals surface area contributed by atoms with Gasteiger partial charge in [-0.15, -0.1) is 0 Å². The van der Waals surface area contributed by atoms with E-state index in [0.717, 1.165) is 18.5 Å². The molecule has 0 bridgehead atoms. The molecule has 116 valence electrons. The van der Waals surface area contributed by atoms with Crippen molar-refractivity contribution < 1.29 is 0 Å². The van der Waals surface area contributed by atoms with Crippen molar-refractivity contribution in [3.05, 3.63) is 0 Å². The van der Waals surface area contributed by atoms with Gasteiger partial charge in [-0.2, -0.15) is 0 Å². The lowest BCUT2D eigenvalue weighted by molar-refractivity contribution is 0.0935. The first-order valence-electron chi connectivity index (χ1n) is 8.93. The predicted molar refractivity (Wildman–Crippen MR) is 84.8 cm³/mol. The highest BCUT2D eigenvalue weighted by Gasteiger charge is 2.41. The zero-order valence-corrected chi connectivity index (χ0v) is 13.3. The van der Waals surface area contributed by atoms with Gasteiger partial charge in [-0.05, 0) is 57.5 Å². The predicted octanol–water partition coefficient (Wildman–Crippen LogP) is 2.45. The topological polar surface area (TPSA) is 32.5 Å². The molecule has 2 N–H and O–H groups in total. The molecular formula is C17H33N3. The Bertz CT molecular complexity index is 313.